The van der Waals surface area contributed by atoms with Gasteiger partial charge < -0.3 is 29.2 Å². The normalized spacial score (nSPS) is 17.6. The van der Waals surface area contributed by atoms with E-state index in [-0.39, 0.29) is 36.5 Å². The minimum atomic E-state index is -0.569. The van der Waals surface area contributed by atoms with Crippen LogP contribution in [0.4, 0.5) is 9.18 Å². The molecule has 0 bridgehead atoms. The van der Waals surface area contributed by atoms with Crippen molar-refractivity contribution in [3.05, 3.63) is 125 Å². The van der Waals surface area contributed by atoms with Gasteiger partial charge in [-0.1, -0.05) is 72.8 Å². The van der Waals surface area contributed by atoms with E-state index in [4.69, 9.17) is 18.9 Å². The topological polar surface area (TPSA) is 86.3 Å². The number of carbonyl (C=O) groups excluding carboxylic acids is 2. The van der Waals surface area contributed by atoms with Crippen LogP contribution in [0.2, 0.25) is 0 Å². The highest BCUT2D eigenvalue weighted by Gasteiger charge is 2.35. The molecule has 0 spiro atoms. The van der Waals surface area contributed by atoms with E-state index < -0.39 is 11.9 Å². The van der Waals surface area contributed by atoms with E-state index >= 15 is 4.39 Å². The summed E-state index contributed by atoms with van der Waals surface area (Å²) in [5, 5.41) is 2.70. The molecule has 1 aliphatic carbocycles. The number of halogens is 1. The predicted octanol–water partition coefficient (Wildman–Crippen LogP) is 7.94. The number of rotatable bonds is 14. The minimum absolute atomic E-state index is 0.0123. The Hall–Kier alpha value is -5.05. The van der Waals surface area contributed by atoms with Crippen LogP contribution in [-0.2, 0) is 24.5 Å². The predicted molar refractivity (Wildman–Crippen MR) is 184 cm³/mol. The average molecular weight is 667 g/mol. The van der Waals surface area contributed by atoms with Crippen LogP contribution in [0.5, 0.6) is 17.2 Å². The van der Waals surface area contributed by atoms with Crippen LogP contribution in [0.15, 0.2) is 97.1 Å². The number of alkyl carbamates (subject to hydrolysis) is 1. The van der Waals surface area contributed by atoms with E-state index in [0.29, 0.717) is 49.4 Å². The molecule has 0 aromatic heterocycles. The zero-order chi connectivity index (χ0) is 34.0. The monoisotopic (exact) mass is 666 g/mol. The lowest BCUT2D eigenvalue weighted by atomic mass is 9.79. The van der Waals surface area contributed by atoms with Crippen LogP contribution in [0.3, 0.4) is 0 Å². The zero-order valence-electron chi connectivity index (χ0n) is 27.8. The Morgan fingerprint density at radius 3 is 2.29 bits per heavy atom. The van der Waals surface area contributed by atoms with Gasteiger partial charge in [0.25, 0.3) is 5.91 Å². The summed E-state index contributed by atoms with van der Waals surface area (Å²) in [6, 6.07) is 30.1. The lowest BCUT2D eigenvalue weighted by Crippen LogP contribution is -2.34. The summed E-state index contributed by atoms with van der Waals surface area (Å²) in [6.45, 7) is 4.21. The first kappa shape index (κ1) is 33.8. The molecule has 0 saturated heterocycles. The van der Waals surface area contributed by atoms with Crippen molar-refractivity contribution in [1.29, 1.82) is 0 Å². The van der Waals surface area contributed by atoms with Crippen molar-refractivity contribution < 1.29 is 32.9 Å². The summed E-state index contributed by atoms with van der Waals surface area (Å²) >= 11 is 0. The molecule has 1 atom stereocenters. The van der Waals surface area contributed by atoms with Gasteiger partial charge >= 0.3 is 6.09 Å². The van der Waals surface area contributed by atoms with E-state index in [1.54, 1.807) is 11.0 Å². The van der Waals surface area contributed by atoms with E-state index in [0.717, 1.165) is 42.6 Å². The smallest absolute Gasteiger partial charge is 0.407 e. The summed E-state index contributed by atoms with van der Waals surface area (Å²) in [7, 11) is 0. The number of hydrogen-bond acceptors (Lipinski definition) is 6. The third kappa shape index (κ3) is 9.10. The summed E-state index contributed by atoms with van der Waals surface area (Å²) in [6.07, 6.45) is 3.48. The van der Waals surface area contributed by atoms with Crippen molar-refractivity contribution in [1.82, 2.24) is 10.2 Å². The fraction of sp³-hybridized carbons (Fsp3) is 0.350. The van der Waals surface area contributed by atoms with Crippen LogP contribution in [0, 0.1) is 17.7 Å². The van der Waals surface area contributed by atoms with Crippen molar-refractivity contribution in [2.45, 2.75) is 58.5 Å². The fourth-order valence-corrected chi connectivity index (χ4v) is 6.59. The van der Waals surface area contributed by atoms with Crippen LogP contribution >= 0.6 is 0 Å². The SMILES string of the molecule is CC(Oc1cccc(OCCNC(=O)OCc2ccccc2)c1)C1CCC(CN2Cc3ccc(OCc4ccccc4)c(F)c3C2=O)CC1. The molecular formula is C40H43FN2O6. The molecule has 2 amide bonds. The van der Waals surface area contributed by atoms with Gasteiger partial charge in [-0.15, -0.1) is 0 Å². The second-order valence-corrected chi connectivity index (χ2v) is 12.8. The molecule has 0 radical (unpaired) electrons. The standard InChI is InChI=1S/C40H43FN2O6/c1-28(49-35-14-8-13-34(23-35)46-22-21-42-40(45)48-27-31-11-6-3-7-12-31)32-17-15-29(16-18-32)24-43-25-33-19-20-36(38(41)37(33)39(43)44)47-26-30-9-4-2-5-10-30/h2-14,19-20,23,28-29,32H,15-18,21-22,24-27H2,1H3,(H,42,45). The number of ether oxygens (including phenoxy) is 4. The van der Waals surface area contributed by atoms with Gasteiger partial charge in [-0.25, -0.2) is 9.18 Å². The third-order valence-electron chi connectivity index (χ3n) is 9.31. The molecule has 2 aliphatic rings. The molecule has 1 fully saturated rings. The fourth-order valence-electron chi connectivity index (χ4n) is 6.59. The van der Waals surface area contributed by atoms with Gasteiger partial charge in [0.15, 0.2) is 11.6 Å². The Labute approximate surface area is 287 Å². The Morgan fingerprint density at radius 2 is 1.55 bits per heavy atom. The summed E-state index contributed by atoms with van der Waals surface area (Å²) < 4.78 is 38.5. The first-order chi connectivity index (χ1) is 23.9. The maximum atomic E-state index is 15.4. The van der Waals surface area contributed by atoms with E-state index in [1.807, 2.05) is 91.0 Å². The number of fused-ring (bicyclic) bond motifs is 1. The molecule has 49 heavy (non-hydrogen) atoms. The number of benzene rings is 4. The van der Waals surface area contributed by atoms with E-state index in [2.05, 4.69) is 12.2 Å². The molecule has 4 aromatic rings. The van der Waals surface area contributed by atoms with Crippen LogP contribution in [0.1, 0.15) is 59.7 Å². The van der Waals surface area contributed by atoms with E-state index in [9.17, 15) is 9.59 Å². The molecule has 1 aliphatic heterocycles. The minimum Gasteiger partial charge on any atom is -0.492 e. The number of nitrogens with one attached hydrogen (secondary N) is 1. The van der Waals surface area contributed by atoms with Crippen molar-refractivity contribution >= 4 is 12.0 Å². The molecule has 8 nitrogen and oxygen atoms in total. The molecule has 1 heterocycles. The number of carbonyl (C=O) groups is 2. The van der Waals surface area contributed by atoms with Crippen molar-refractivity contribution in [2.75, 3.05) is 19.7 Å². The van der Waals surface area contributed by atoms with Gasteiger partial charge in [-0.3, -0.25) is 4.79 Å². The maximum absolute atomic E-state index is 15.4. The molecular weight excluding hydrogens is 623 g/mol. The molecule has 1 N–H and O–H groups in total. The van der Waals surface area contributed by atoms with Gasteiger partial charge in [0, 0.05) is 19.2 Å². The number of amides is 2. The summed E-state index contributed by atoms with van der Waals surface area (Å²) in [4.78, 5) is 27.0. The zero-order valence-corrected chi connectivity index (χ0v) is 27.8. The second kappa shape index (κ2) is 16.4. The number of hydrogen-bond donors (Lipinski definition) is 1. The van der Waals surface area contributed by atoms with Gasteiger partial charge in [-0.05, 0) is 79.3 Å². The van der Waals surface area contributed by atoms with Gasteiger partial charge in [0.1, 0.15) is 31.3 Å². The van der Waals surface area contributed by atoms with Crippen molar-refractivity contribution in [3.63, 3.8) is 0 Å². The largest absolute Gasteiger partial charge is 0.492 e. The lowest BCUT2D eigenvalue weighted by molar-refractivity contribution is 0.0681. The Bertz CT molecular complexity index is 1690. The summed E-state index contributed by atoms with van der Waals surface area (Å²) in [5.74, 6) is 1.43. The summed E-state index contributed by atoms with van der Waals surface area (Å²) in [5.41, 5.74) is 2.73. The quantitative estimate of drug-likeness (QED) is 0.138. The second-order valence-electron chi connectivity index (χ2n) is 12.8. The van der Waals surface area contributed by atoms with Gasteiger partial charge in [-0.2, -0.15) is 0 Å². The molecule has 4 aromatic carbocycles. The first-order valence-corrected chi connectivity index (χ1v) is 17.0. The average Bonchev–Trinajstić information content (AvgIpc) is 3.45. The molecule has 6 rings (SSSR count). The van der Waals surface area contributed by atoms with E-state index in [1.165, 1.54) is 0 Å². The van der Waals surface area contributed by atoms with Crippen LogP contribution in [-0.4, -0.2) is 42.7 Å². The Morgan fingerprint density at radius 1 is 0.857 bits per heavy atom. The third-order valence-corrected chi connectivity index (χ3v) is 9.31. The molecule has 9 heteroatoms. The van der Waals surface area contributed by atoms with Crippen molar-refractivity contribution in [2.24, 2.45) is 11.8 Å². The highest BCUT2D eigenvalue weighted by Crippen LogP contribution is 2.36. The first-order valence-electron chi connectivity index (χ1n) is 17.0. The van der Waals surface area contributed by atoms with Crippen molar-refractivity contribution in [3.8, 4) is 17.2 Å². The molecule has 256 valence electrons. The Balaban J connectivity index is 0.907. The molecule has 1 unspecified atom stereocenters. The highest BCUT2D eigenvalue weighted by atomic mass is 19.1. The number of nitrogens with zero attached hydrogens (tertiary/aromatic N) is 1. The van der Waals surface area contributed by atoms with Gasteiger partial charge in [0.05, 0.1) is 18.2 Å². The highest BCUT2D eigenvalue weighted by molar-refractivity contribution is 5.99. The van der Waals surface area contributed by atoms with Gasteiger partial charge in [0.2, 0.25) is 0 Å². The van der Waals surface area contributed by atoms with Crippen LogP contribution in [0.25, 0.3) is 0 Å². The molecule has 1 saturated carbocycles. The lowest BCUT2D eigenvalue weighted by Gasteiger charge is -2.34. The maximum Gasteiger partial charge on any atom is 0.407 e. The Kier molecular flexibility index (Phi) is 11.3. The van der Waals surface area contributed by atoms with Crippen LogP contribution < -0.4 is 19.5 Å².